The van der Waals surface area contributed by atoms with Gasteiger partial charge in [-0.1, -0.05) is 47.1 Å². The van der Waals surface area contributed by atoms with Gasteiger partial charge < -0.3 is 14.6 Å². The first-order valence-electron chi connectivity index (χ1n) is 7.89. The second kappa shape index (κ2) is 8.01. The minimum Gasteiger partial charge on any atom is -0.452 e. The fourth-order valence-electron chi connectivity index (χ4n) is 2.38. The number of rotatable bonds is 5. The van der Waals surface area contributed by atoms with Crippen LogP contribution in [0.3, 0.4) is 0 Å². The topological polar surface area (TPSA) is 81.4 Å². The number of nitrogens with zero attached hydrogens (tertiary/aromatic N) is 1. The van der Waals surface area contributed by atoms with Crippen LogP contribution in [0, 0.1) is 12.7 Å². The van der Waals surface area contributed by atoms with Crippen molar-refractivity contribution >= 4 is 29.2 Å². The highest BCUT2D eigenvalue weighted by atomic mass is 35.5. The number of amides is 1. The van der Waals surface area contributed by atoms with Crippen molar-refractivity contribution in [2.24, 2.45) is 0 Å². The van der Waals surface area contributed by atoms with Crippen molar-refractivity contribution in [2.75, 3.05) is 11.9 Å². The lowest BCUT2D eigenvalue weighted by atomic mass is 10.1. The van der Waals surface area contributed by atoms with E-state index in [1.165, 1.54) is 12.1 Å². The molecular weight excluding hydrogens is 375 g/mol. The second-order valence-corrected chi connectivity index (χ2v) is 5.99. The largest absolute Gasteiger partial charge is 0.452 e. The number of esters is 1. The molecule has 0 spiro atoms. The van der Waals surface area contributed by atoms with Crippen LogP contribution in [0.2, 0.25) is 5.02 Å². The molecule has 138 valence electrons. The van der Waals surface area contributed by atoms with E-state index in [2.05, 4.69) is 10.5 Å². The number of hydrogen-bond donors (Lipinski definition) is 1. The van der Waals surface area contributed by atoms with Gasteiger partial charge in [0.2, 0.25) is 0 Å². The predicted molar refractivity (Wildman–Crippen MR) is 97.0 cm³/mol. The summed E-state index contributed by atoms with van der Waals surface area (Å²) < 4.78 is 23.3. The smallest absolute Gasteiger partial charge is 0.344 e. The summed E-state index contributed by atoms with van der Waals surface area (Å²) in [6, 6.07) is 12.7. The summed E-state index contributed by atoms with van der Waals surface area (Å²) in [5, 5.41) is 6.23. The van der Waals surface area contributed by atoms with Crippen LogP contribution in [0.4, 0.5) is 10.1 Å². The summed E-state index contributed by atoms with van der Waals surface area (Å²) >= 11 is 5.66. The number of aromatic nitrogens is 1. The summed E-state index contributed by atoms with van der Waals surface area (Å²) in [4.78, 5) is 24.4. The predicted octanol–water partition coefficient (Wildman–Crippen LogP) is 4.24. The van der Waals surface area contributed by atoms with Gasteiger partial charge in [-0.25, -0.2) is 9.18 Å². The molecule has 0 fully saturated rings. The van der Waals surface area contributed by atoms with Crippen LogP contribution in [0.1, 0.15) is 16.1 Å². The molecule has 0 saturated heterocycles. The zero-order valence-corrected chi connectivity index (χ0v) is 14.9. The quantitative estimate of drug-likeness (QED) is 0.661. The van der Waals surface area contributed by atoms with Crippen molar-refractivity contribution in [3.05, 3.63) is 70.7 Å². The first-order chi connectivity index (χ1) is 13.0. The van der Waals surface area contributed by atoms with Crippen LogP contribution in [-0.4, -0.2) is 23.6 Å². The molecule has 2 aromatic carbocycles. The average Bonchev–Trinajstić information content (AvgIpc) is 3.05. The van der Waals surface area contributed by atoms with Gasteiger partial charge in [-0.15, -0.1) is 0 Å². The monoisotopic (exact) mass is 388 g/mol. The molecular formula is C19H14ClFN2O4. The molecule has 3 rings (SSSR count). The van der Waals surface area contributed by atoms with Gasteiger partial charge in [-0.05, 0) is 25.1 Å². The van der Waals surface area contributed by atoms with Crippen LogP contribution in [0.25, 0.3) is 11.3 Å². The molecule has 0 atom stereocenters. The first kappa shape index (κ1) is 18.6. The highest BCUT2D eigenvalue weighted by Crippen LogP contribution is 2.25. The van der Waals surface area contributed by atoms with Crippen molar-refractivity contribution in [1.29, 1.82) is 0 Å². The molecule has 0 aliphatic heterocycles. The van der Waals surface area contributed by atoms with Gasteiger partial charge in [-0.3, -0.25) is 4.79 Å². The summed E-state index contributed by atoms with van der Waals surface area (Å²) in [7, 11) is 0. The summed E-state index contributed by atoms with van der Waals surface area (Å²) in [5.74, 6) is -1.65. The zero-order chi connectivity index (χ0) is 19.4. The van der Waals surface area contributed by atoms with Crippen LogP contribution >= 0.6 is 11.6 Å². The maximum absolute atomic E-state index is 13.1. The van der Waals surface area contributed by atoms with Gasteiger partial charge in [0, 0.05) is 11.3 Å². The second-order valence-electron chi connectivity index (χ2n) is 5.58. The van der Waals surface area contributed by atoms with Crippen LogP contribution < -0.4 is 5.32 Å². The minimum atomic E-state index is -0.736. The number of halogens is 2. The zero-order valence-electron chi connectivity index (χ0n) is 14.2. The molecule has 0 bridgehead atoms. The number of ether oxygens (including phenoxy) is 1. The number of benzene rings is 2. The summed E-state index contributed by atoms with van der Waals surface area (Å²) in [6.45, 7) is 1.04. The van der Waals surface area contributed by atoms with Gasteiger partial charge >= 0.3 is 5.97 Å². The molecule has 27 heavy (non-hydrogen) atoms. The minimum absolute atomic E-state index is 0.127. The maximum atomic E-state index is 13.1. The molecule has 0 aliphatic rings. The van der Waals surface area contributed by atoms with Crippen molar-refractivity contribution in [3.8, 4) is 11.3 Å². The third kappa shape index (κ3) is 4.32. The normalized spacial score (nSPS) is 10.5. The Morgan fingerprint density at radius 1 is 1.22 bits per heavy atom. The number of nitrogens with one attached hydrogen (secondary N) is 1. The Balaban J connectivity index is 1.67. The van der Waals surface area contributed by atoms with Gasteiger partial charge in [0.15, 0.2) is 6.61 Å². The van der Waals surface area contributed by atoms with E-state index in [4.69, 9.17) is 20.9 Å². The van der Waals surface area contributed by atoms with E-state index >= 15 is 0 Å². The van der Waals surface area contributed by atoms with Crippen molar-refractivity contribution in [2.45, 2.75) is 6.92 Å². The molecule has 8 heteroatoms. The Morgan fingerprint density at radius 2 is 1.96 bits per heavy atom. The van der Waals surface area contributed by atoms with Gasteiger partial charge in [0.25, 0.3) is 5.91 Å². The van der Waals surface area contributed by atoms with E-state index in [-0.39, 0.29) is 22.0 Å². The van der Waals surface area contributed by atoms with Crippen molar-refractivity contribution < 1.29 is 23.2 Å². The Kier molecular flexibility index (Phi) is 5.52. The van der Waals surface area contributed by atoms with Crippen LogP contribution in [-0.2, 0) is 9.53 Å². The van der Waals surface area contributed by atoms with E-state index in [1.54, 1.807) is 31.2 Å². The number of anilines is 1. The molecule has 0 unspecified atom stereocenters. The lowest BCUT2D eigenvalue weighted by Crippen LogP contribution is -2.21. The highest BCUT2D eigenvalue weighted by molar-refractivity contribution is 6.31. The molecule has 3 aromatic rings. The standard InChI is InChI=1S/C19H14ClFN2O4/c1-11-17(18(23-27-11)12-5-3-2-4-6-12)19(25)26-10-16(24)22-13-7-8-15(21)14(20)9-13/h2-9H,10H2,1H3,(H,22,24). The fourth-order valence-corrected chi connectivity index (χ4v) is 2.56. The SMILES string of the molecule is Cc1onc(-c2ccccc2)c1C(=O)OCC(=O)Nc1ccc(F)c(Cl)c1. The van der Waals surface area contributed by atoms with Crippen molar-refractivity contribution in [1.82, 2.24) is 5.16 Å². The molecule has 0 radical (unpaired) electrons. The number of carbonyl (C=O) groups excluding carboxylic acids is 2. The van der Waals surface area contributed by atoms with Crippen LogP contribution in [0.5, 0.6) is 0 Å². The first-order valence-corrected chi connectivity index (χ1v) is 8.27. The van der Waals surface area contributed by atoms with E-state index in [9.17, 15) is 14.0 Å². The molecule has 1 aromatic heterocycles. The van der Waals surface area contributed by atoms with E-state index < -0.39 is 24.3 Å². The maximum Gasteiger partial charge on any atom is 0.344 e. The molecule has 1 heterocycles. The Bertz CT molecular complexity index is 989. The Hall–Kier alpha value is -3.19. The van der Waals surface area contributed by atoms with E-state index in [0.717, 1.165) is 6.07 Å². The summed E-state index contributed by atoms with van der Waals surface area (Å²) in [5.41, 5.74) is 1.46. The molecule has 6 nitrogen and oxygen atoms in total. The number of hydrogen-bond acceptors (Lipinski definition) is 5. The third-order valence-corrected chi connectivity index (χ3v) is 3.94. The average molecular weight is 389 g/mol. The molecule has 1 amide bonds. The highest BCUT2D eigenvalue weighted by Gasteiger charge is 2.23. The number of carbonyl (C=O) groups is 2. The summed E-state index contributed by atoms with van der Waals surface area (Å²) in [6.07, 6.45) is 0. The molecule has 0 aliphatic carbocycles. The molecule has 0 saturated carbocycles. The third-order valence-electron chi connectivity index (χ3n) is 3.65. The Morgan fingerprint density at radius 3 is 2.67 bits per heavy atom. The number of aryl methyl sites for hydroxylation is 1. The molecule has 1 N–H and O–H groups in total. The van der Waals surface area contributed by atoms with Crippen molar-refractivity contribution in [3.63, 3.8) is 0 Å². The van der Waals surface area contributed by atoms with Gasteiger partial charge in [-0.2, -0.15) is 0 Å². The lowest BCUT2D eigenvalue weighted by molar-refractivity contribution is -0.119. The van der Waals surface area contributed by atoms with E-state index in [0.29, 0.717) is 11.3 Å². The van der Waals surface area contributed by atoms with Crippen LogP contribution in [0.15, 0.2) is 53.1 Å². The lowest BCUT2D eigenvalue weighted by Gasteiger charge is -2.07. The fraction of sp³-hybridized carbons (Fsp3) is 0.105. The van der Waals surface area contributed by atoms with Gasteiger partial charge in [0.05, 0.1) is 5.02 Å². The Labute approximate surface area is 158 Å². The van der Waals surface area contributed by atoms with Gasteiger partial charge in [0.1, 0.15) is 22.8 Å². The van der Waals surface area contributed by atoms with E-state index in [1.807, 2.05) is 6.07 Å².